The lowest BCUT2D eigenvalue weighted by atomic mass is 9.67. The number of benzene rings is 2. The molecule has 2 aliphatic heterocycles. The Labute approximate surface area is 223 Å². The fourth-order valence-corrected chi connectivity index (χ4v) is 6.22. The number of carboxylic acid groups (broad SMARTS) is 1. The van der Waals surface area contributed by atoms with E-state index in [2.05, 4.69) is 11.5 Å². The summed E-state index contributed by atoms with van der Waals surface area (Å²) in [7, 11) is 0. The maximum atomic E-state index is 11.8. The Kier molecular flexibility index (Phi) is 7.80. The summed E-state index contributed by atoms with van der Waals surface area (Å²) in [6.45, 7) is 6.39. The molecule has 0 radical (unpaired) electrons. The van der Waals surface area contributed by atoms with E-state index in [1.165, 1.54) is 5.56 Å². The van der Waals surface area contributed by atoms with Gasteiger partial charge in [-0.15, -0.1) is 6.58 Å². The van der Waals surface area contributed by atoms with Crippen molar-refractivity contribution in [2.45, 2.75) is 63.3 Å². The van der Waals surface area contributed by atoms with Gasteiger partial charge in [-0.05, 0) is 85.4 Å². The topological polar surface area (TPSA) is 79.2 Å². The van der Waals surface area contributed by atoms with E-state index in [-0.39, 0.29) is 11.7 Å². The molecule has 2 heterocycles. The first-order chi connectivity index (χ1) is 17.8. The third-order valence-electron chi connectivity index (χ3n) is 8.43. The first-order valence-electron chi connectivity index (χ1n) is 13.4. The summed E-state index contributed by atoms with van der Waals surface area (Å²) < 4.78 is 12.4. The molecule has 7 heteroatoms. The predicted octanol–water partition coefficient (Wildman–Crippen LogP) is 5.88. The maximum Gasteiger partial charge on any atom is 0.335 e. The number of nitrogens with zero attached hydrogens (tertiary/aromatic N) is 1. The van der Waals surface area contributed by atoms with Crippen LogP contribution in [0.25, 0.3) is 0 Å². The largest absolute Gasteiger partial charge is 0.487 e. The summed E-state index contributed by atoms with van der Waals surface area (Å²) in [6, 6.07) is 11.1. The molecule has 1 aliphatic carbocycles. The molecule has 6 nitrogen and oxygen atoms in total. The highest BCUT2D eigenvalue weighted by Crippen LogP contribution is 2.44. The number of aryl methyl sites for hydroxylation is 1. The lowest BCUT2D eigenvalue weighted by Gasteiger charge is -2.47. The smallest absolute Gasteiger partial charge is 0.335 e. The van der Waals surface area contributed by atoms with Crippen LogP contribution in [0.4, 0.5) is 5.69 Å². The van der Waals surface area contributed by atoms with Crippen LogP contribution in [0.5, 0.6) is 5.75 Å². The van der Waals surface area contributed by atoms with Crippen molar-refractivity contribution in [2.24, 2.45) is 11.8 Å². The Hall–Kier alpha value is -2.54. The van der Waals surface area contributed by atoms with Crippen molar-refractivity contribution < 1.29 is 24.5 Å². The van der Waals surface area contributed by atoms with Crippen molar-refractivity contribution in [1.82, 2.24) is 0 Å². The first kappa shape index (κ1) is 26.1. The standard InChI is InChI=1S/C30H36ClNO5/c1-2-30(35)12-14-36-28(17-30)25-10-7-22(25)18-32-13-4-3-5-20-15-24(31)9-6-23(20)19-37-27-11-8-21(29(33)34)16-26(27)32/h2,6,8-9,11,15-16,22,25,28,35H,1,3-5,7,10,12-14,17-19H2,(H,33,34)/t22-,25+,28-,30-/m0/s1. The predicted molar refractivity (Wildman–Crippen MR) is 145 cm³/mol. The molecule has 2 N–H and O–H groups in total. The van der Waals surface area contributed by atoms with Gasteiger partial charge in [-0.2, -0.15) is 0 Å². The van der Waals surface area contributed by atoms with Gasteiger partial charge in [0.05, 0.1) is 29.6 Å². The number of anilines is 1. The van der Waals surface area contributed by atoms with Crippen molar-refractivity contribution in [3.63, 3.8) is 0 Å². The van der Waals surface area contributed by atoms with Gasteiger partial charge in [0.1, 0.15) is 12.4 Å². The summed E-state index contributed by atoms with van der Waals surface area (Å²) in [5.74, 6) is 0.513. The van der Waals surface area contributed by atoms with E-state index in [9.17, 15) is 15.0 Å². The summed E-state index contributed by atoms with van der Waals surface area (Å²) in [4.78, 5) is 14.1. The van der Waals surface area contributed by atoms with Crippen LogP contribution >= 0.6 is 11.6 Å². The second kappa shape index (κ2) is 11.1. The highest BCUT2D eigenvalue weighted by atomic mass is 35.5. The Morgan fingerprint density at radius 3 is 2.81 bits per heavy atom. The van der Waals surface area contributed by atoms with E-state index in [1.807, 2.05) is 18.2 Å². The second-order valence-corrected chi connectivity index (χ2v) is 11.2. The molecular weight excluding hydrogens is 490 g/mol. The molecule has 0 unspecified atom stereocenters. The molecule has 0 amide bonds. The van der Waals surface area contributed by atoms with Crippen LogP contribution in [-0.4, -0.2) is 47.6 Å². The maximum absolute atomic E-state index is 11.8. The Bertz CT molecular complexity index is 1150. The fraction of sp³-hybridized carbons (Fsp3) is 0.500. The highest BCUT2D eigenvalue weighted by molar-refractivity contribution is 6.30. The first-order valence-corrected chi connectivity index (χ1v) is 13.7. The number of hydrogen-bond donors (Lipinski definition) is 2. The Morgan fingerprint density at radius 1 is 1.19 bits per heavy atom. The molecule has 3 aliphatic rings. The quantitative estimate of drug-likeness (QED) is 0.474. The molecule has 2 aromatic rings. The van der Waals surface area contributed by atoms with Crippen LogP contribution < -0.4 is 9.64 Å². The average Bonchev–Trinajstić information content (AvgIpc) is 2.89. The van der Waals surface area contributed by atoms with E-state index in [4.69, 9.17) is 21.1 Å². The summed E-state index contributed by atoms with van der Waals surface area (Å²) in [5, 5.41) is 21.2. The molecule has 2 aromatic carbocycles. The molecule has 2 fully saturated rings. The molecule has 1 saturated carbocycles. The van der Waals surface area contributed by atoms with Gasteiger partial charge < -0.3 is 24.6 Å². The van der Waals surface area contributed by atoms with E-state index in [0.717, 1.165) is 61.5 Å². The van der Waals surface area contributed by atoms with E-state index in [1.54, 1.807) is 24.3 Å². The molecule has 5 rings (SSSR count). The second-order valence-electron chi connectivity index (χ2n) is 10.8. The third-order valence-corrected chi connectivity index (χ3v) is 8.67. The van der Waals surface area contributed by atoms with Gasteiger partial charge in [-0.1, -0.05) is 23.7 Å². The van der Waals surface area contributed by atoms with Crippen molar-refractivity contribution in [3.05, 3.63) is 70.8 Å². The number of hydrogen-bond acceptors (Lipinski definition) is 5. The van der Waals surface area contributed by atoms with Gasteiger partial charge in [-0.3, -0.25) is 0 Å². The highest BCUT2D eigenvalue weighted by Gasteiger charge is 2.43. The van der Waals surface area contributed by atoms with E-state index in [0.29, 0.717) is 43.6 Å². The molecule has 0 bridgehead atoms. The van der Waals surface area contributed by atoms with Crippen molar-refractivity contribution in [2.75, 3.05) is 24.6 Å². The van der Waals surface area contributed by atoms with Gasteiger partial charge in [0.25, 0.3) is 0 Å². The zero-order chi connectivity index (χ0) is 26.0. The van der Waals surface area contributed by atoms with Crippen LogP contribution in [-0.2, 0) is 17.8 Å². The molecular formula is C30H36ClNO5. The van der Waals surface area contributed by atoms with Crippen LogP contribution in [0.1, 0.15) is 60.0 Å². The molecule has 1 saturated heterocycles. The van der Waals surface area contributed by atoms with Gasteiger partial charge in [0, 0.05) is 31.0 Å². The number of aliphatic hydroxyl groups is 1. The monoisotopic (exact) mass is 525 g/mol. The third kappa shape index (κ3) is 5.82. The van der Waals surface area contributed by atoms with Gasteiger partial charge in [0.15, 0.2) is 0 Å². The molecule has 37 heavy (non-hydrogen) atoms. The van der Waals surface area contributed by atoms with Crippen LogP contribution in [0.2, 0.25) is 5.02 Å². The van der Waals surface area contributed by atoms with Crippen molar-refractivity contribution >= 4 is 23.3 Å². The number of fused-ring (bicyclic) bond motifs is 2. The lowest BCUT2D eigenvalue weighted by molar-refractivity contribution is -0.124. The number of halogens is 1. The molecule has 198 valence electrons. The molecule has 0 aromatic heterocycles. The number of carbonyl (C=O) groups is 1. The molecule has 0 spiro atoms. The Balaban J connectivity index is 1.40. The number of aromatic carboxylic acids is 1. The zero-order valence-corrected chi connectivity index (χ0v) is 22.0. The molecule has 4 atom stereocenters. The van der Waals surface area contributed by atoms with Gasteiger partial charge >= 0.3 is 5.97 Å². The fourth-order valence-electron chi connectivity index (χ4n) is 6.02. The van der Waals surface area contributed by atoms with Gasteiger partial charge in [0.2, 0.25) is 0 Å². The van der Waals surface area contributed by atoms with Crippen LogP contribution in [0.3, 0.4) is 0 Å². The normalized spacial score (nSPS) is 28.1. The van der Waals surface area contributed by atoms with Gasteiger partial charge in [-0.25, -0.2) is 4.79 Å². The number of ether oxygens (including phenoxy) is 2. The van der Waals surface area contributed by atoms with Crippen molar-refractivity contribution in [1.29, 1.82) is 0 Å². The summed E-state index contributed by atoms with van der Waals surface area (Å²) in [6.07, 6.45) is 7.91. The minimum atomic E-state index is -0.946. The summed E-state index contributed by atoms with van der Waals surface area (Å²) in [5.41, 5.74) is 2.54. The average molecular weight is 526 g/mol. The minimum absolute atomic E-state index is 0.0137. The number of carboxylic acids is 1. The van der Waals surface area contributed by atoms with Crippen LogP contribution in [0.15, 0.2) is 49.1 Å². The van der Waals surface area contributed by atoms with Crippen LogP contribution in [0, 0.1) is 11.8 Å². The minimum Gasteiger partial charge on any atom is -0.487 e. The number of rotatable bonds is 5. The lowest BCUT2D eigenvalue weighted by Crippen LogP contribution is -2.49. The van der Waals surface area contributed by atoms with E-state index < -0.39 is 11.6 Å². The van der Waals surface area contributed by atoms with E-state index >= 15 is 0 Å². The Morgan fingerprint density at radius 2 is 2.05 bits per heavy atom. The SMILES string of the molecule is C=C[C@]1(O)CCO[C@H]([C@@H]2CC[C@H]2CN2CCCCc3cc(Cl)ccc3COc3ccc(C(=O)O)cc32)C1. The van der Waals surface area contributed by atoms with Crippen molar-refractivity contribution in [3.8, 4) is 5.75 Å². The zero-order valence-electron chi connectivity index (χ0n) is 21.2. The summed E-state index contributed by atoms with van der Waals surface area (Å²) >= 11 is 6.28.